The highest BCUT2D eigenvalue weighted by atomic mass is 32.2. The molecule has 5 rings (SSSR count). The summed E-state index contributed by atoms with van der Waals surface area (Å²) in [5.41, 5.74) is 4.04. The first-order valence-corrected chi connectivity index (χ1v) is 12.4. The van der Waals surface area contributed by atoms with E-state index in [4.69, 9.17) is 0 Å². The molecule has 1 aliphatic heterocycles. The Morgan fingerprint density at radius 2 is 1.73 bits per heavy atom. The first-order chi connectivity index (χ1) is 16.2. The van der Waals surface area contributed by atoms with Crippen molar-refractivity contribution >= 4 is 23.3 Å². The standard InChI is InChI=1S/C27H28N4OS/c32-27(29-22-13-16-30(17-14-22)18-21-8-2-1-3-9-21)24-10-4-5-11-25(24)33-20-23-19-31-15-7-6-12-26(31)28-23/h1-12,15,19,22H,13-14,16-18,20H2,(H,29,32). The molecule has 3 heterocycles. The number of aromatic nitrogens is 2. The highest BCUT2D eigenvalue weighted by Gasteiger charge is 2.22. The van der Waals surface area contributed by atoms with Gasteiger partial charge in [0.25, 0.3) is 5.91 Å². The van der Waals surface area contributed by atoms with Crippen molar-refractivity contribution in [1.29, 1.82) is 0 Å². The van der Waals surface area contributed by atoms with Crippen molar-refractivity contribution in [3.63, 3.8) is 0 Å². The van der Waals surface area contributed by atoms with Crippen LogP contribution in [0.5, 0.6) is 0 Å². The van der Waals surface area contributed by atoms with Crippen LogP contribution in [0.4, 0.5) is 0 Å². The summed E-state index contributed by atoms with van der Waals surface area (Å²) in [6.45, 7) is 2.98. The summed E-state index contributed by atoms with van der Waals surface area (Å²) in [6, 6.07) is 24.7. The van der Waals surface area contributed by atoms with Crippen molar-refractivity contribution in [2.75, 3.05) is 13.1 Å². The number of fused-ring (bicyclic) bond motifs is 1. The zero-order chi connectivity index (χ0) is 22.5. The predicted molar refractivity (Wildman–Crippen MR) is 133 cm³/mol. The molecule has 1 saturated heterocycles. The maximum atomic E-state index is 13.1. The molecule has 1 fully saturated rings. The summed E-state index contributed by atoms with van der Waals surface area (Å²) in [5.74, 6) is 0.749. The lowest BCUT2D eigenvalue weighted by Crippen LogP contribution is -2.44. The van der Waals surface area contributed by atoms with Crippen LogP contribution in [0.15, 0.2) is 90.1 Å². The van der Waals surface area contributed by atoms with Gasteiger partial charge in [-0.3, -0.25) is 9.69 Å². The van der Waals surface area contributed by atoms with E-state index in [9.17, 15) is 4.79 Å². The number of imidazole rings is 1. The van der Waals surface area contributed by atoms with Gasteiger partial charge in [0.2, 0.25) is 0 Å². The van der Waals surface area contributed by atoms with Crippen LogP contribution in [0.2, 0.25) is 0 Å². The largest absolute Gasteiger partial charge is 0.349 e. The number of pyridine rings is 1. The van der Waals surface area contributed by atoms with Crippen LogP contribution < -0.4 is 5.32 Å². The average molecular weight is 457 g/mol. The molecule has 1 N–H and O–H groups in total. The average Bonchev–Trinajstić information content (AvgIpc) is 3.28. The minimum atomic E-state index is 0.0228. The van der Waals surface area contributed by atoms with Crippen molar-refractivity contribution in [3.8, 4) is 0 Å². The molecular weight excluding hydrogens is 428 g/mol. The van der Waals surface area contributed by atoms with E-state index >= 15 is 0 Å². The van der Waals surface area contributed by atoms with E-state index in [-0.39, 0.29) is 11.9 Å². The fraction of sp³-hybridized carbons (Fsp3) is 0.259. The molecule has 6 heteroatoms. The Balaban J connectivity index is 1.16. The van der Waals surface area contributed by atoms with Gasteiger partial charge in [0.1, 0.15) is 5.65 Å². The Morgan fingerprint density at radius 3 is 2.55 bits per heavy atom. The number of carbonyl (C=O) groups is 1. The molecule has 0 aliphatic carbocycles. The normalized spacial score (nSPS) is 15.0. The second-order valence-corrected chi connectivity index (χ2v) is 9.51. The number of benzene rings is 2. The molecule has 1 aliphatic rings. The summed E-state index contributed by atoms with van der Waals surface area (Å²) in [5, 5.41) is 3.28. The highest BCUT2D eigenvalue weighted by molar-refractivity contribution is 7.98. The predicted octanol–water partition coefficient (Wildman–Crippen LogP) is 5.02. The maximum Gasteiger partial charge on any atom is 0.252 e. The van der Waals surface area contributed by atoms with Crippen LogP contribution in [0, 0.1) is 0 Å². The molecule has 4 aromatic rings. The zero-order valence-corrected chi connectivity index (χ0v) is 19.4. The fourth-order valence-electron chi connectivity index (χ4n) is 4.33. The molecule has 0 spiro atoms. The number of thioether (sulfide) groups is 1. The molecule has 168 valence electrons. The van der Waals surface area contributed by atoms with Gasteiger partial charge >= 0.3 is 0 Å². The quantitative estimate of drug-likeness (QED) is 0.397. The maximum absolute atomic E-state index is 13.1. The summed E-state index contributed by atoms with van der Waals surface area (Å²) in [6.07, 6.45) is 6.02. The molecule has 2 aromatic carbocycles. The van der Waals surface area contributed by atoms with Gasteiger partial charge in [-0.1, -0.05) is 48.5 Å². The van der Waals surface area contributed by atoms with Gasteiger partial charge in [0.15, 0.2) is 0 Å². The molecule has 0 radical (unpaired) electrons. The Morgan fingerprint density at radius 1 is 0.970 bits per heavy atom. The summed E-state index contributed by atoms with van der Waals surface area (Å²) < 4.78 is 2.03. The van der Waals surface area contributed by atoms with E-state index in [0.29, 0.717) is 0 Å². The Kier molecular flexibility index (Phi) is 6.74. The van der Waals surface area contributed by atoms with Gasteiger partial charge in [-0.15, -0.1) is 11.8 Å². The van der Waals surface area contributed by atoms with E-state index in [1.807, 2.05) is 59.3 Å². The van der Waals surface area contributed by atoms with E-state index in [1.165, 1.54) is 5.56 Å². The van der Waals surface area contributed by atoms with Gasteiger partial charge in [0.05, 0.1) is 11.3 Å². The molecule has 5 nitrogen and oxygen atoms in total. The van der Waals surface area contributed by atoms with Crippen molar-refractivity contribution in [1.82, 2.24) is 19.6 Å². The molecule has 0 bridgehead atoms. The number of amides is 1. The molecule has 0 atom stereocenters. The number of piperidine rings is 1. The number of likely N-dealkylation sites (tertiary alicyclic amines) is 1. The highest BCUT2D eigenvalue weighted by Crippen LogP contribution is 2.26. The molecule has 33 heavy (non-hydrogen) atoms. The van der Waals surface area contributed by atoms with Crippen LogP contribution in [0.1, 0.15) is 34.5 Å². The lowest BCUT2D eigenvalue weighted by molar-refractivity contribution is 0.0906. The lowest BCUT2D eigenvalue weighted by atomic mass is 10.0. The second-order valence-electron chi connectivity index (χ2n) is 8.49. The minimum Gasteiger partial charge on any atom is -0.349 e. The molecular formula is C27H28N4OS. The third-order valence-corrected chi connectivity index (χ3v) is 7.20. The van der Waals surface area contributed by atoms with E-state index in [2.05, 4.69) is 45.5 Å². The number of carbonyl (C=O) groups excluding carboxylic acids is 1. The van der Waals surface area contributed by atoms with Gasteiger partial charge < -0.3 is 9.72 Å². The number of rotatable bonds is 7. The van der Waals surface area contributed by atoms with Crippen molar-refractivity contribution < 1.29 is 4.79 Å². The third kappa shape index (κ3) is 5.46. The summed E-state index contributed by atoms with van der Waals surface area (Å²) in [4.78, 5) is 21.2. The second kappa shape index (κ2) is 10.2. The van der Waals surface area contributed by atoms with Crippen LogP contribution >= 0.6 is 11.8 Å². The van der Waals surface area contributed by atoms with Crippen LogP contribution in [0.3, 0.4) is 0 Å². The van der Waals surface area contributed by atoms with Crippen molar-refractivity contribution in [2.45, 2.75) is 36.1 Å². The number of hydrogen-bond acceptors (Lipinski definition) is 4. The summed E-state index contributed by atoms with van der Waals surface area (Å²) >= 11 is 1.66. The Labute approximate surface area is 198 Å². The van der Waals surface area contributed by atoms with E-state index < -0.39 is 0 Å². The first-order valence-electron chi connectivity index (χ1n) is 11.5. The monoisotopic (exact) mass is 456 g/mol. The van der Waals surface area contributed by atoms with Crippen molar-refractivity contribution in [2.24, 2.45) is 0 Å². The Hall–Kier alpha value is -3.09. The number of nitrogens with one attached hydrogen (secondary N) is 1. The van der Waals surface area contributed by atoms with Crippen LogP contribution in [-0.4, -0.2) is 39.3 Å². The molecule has 0 saturated carbocycles. The summed E-state index contributed by atoms with van der Waals surface area (Å²) in [7, 11) is 0. The number of nitrogens with zero attached hydrogens (tertiary/aromatic N) is 3. The topological polar surface area (TPSA) is 49.6 Å². The zero-order valence-electron chi connectivity index (χ0n) is 18.6. The molecule has 2 aromatic heterocycles. The smallest absolute Gasteiger partial charge is 0.252 e. The molecule has 1 amide bonds. The van der Waals surface area contributed by atoms with Gasteiger partial charge in [-0.2, -0.15) is 0 Å². The Bertz CT molecular complexity index is 1180. The number of hydrogen-bond donors (Lipinski definition) is 1. The SMILES string of the molecule is O=C(NC1CCN(Cc2ccccc2)CC1)c1ccccc1SCc1cn2ccccc2n1. The van der Waals surface area contributed by atoms with E-state index in [1.54, 1.807) is 11.8 Å². The minimum absolute atomic E-state index is 0.0228. The van der Waals surface area contributed by atoms with Gasteiger partial charge in [-0.05, 0) is 42.7 Å². The fourth-order valence-corrected chi connectivity index (χ4v) is 5.26. The lowest BCUT2D eigenvalue weighted by Gasteiger charge is -2.32. The third-order valence-electron chi connectivity index (χ3n) is 6.09. The van der Waals surface area contributed by atoms with E-state index in [0.717, 1.165) is 60.0 Å². The first kappa shape index (κ1) is 21.7. The van der Waals surface area contributed by atoms with Crippen LogP contribution in [0.25, 0.3) is 5.65 Å². The van der Waals surface area contributed by atoms with Gasteiger partial charge in [0, 0.05) is 48.7 Å². The van der Waals surface area contributed by atoms with Crippen LogP contribution in [-0.2, 0) is 12.3 Å². The van der Waals surface area contributed by atoms with Gasteiger partial charge in [-0.25, -0.2) is 4.98 Å². The molecule has 0 unspecified atom stereocenters. The van der Waals surface area contributed by atoms with Crippen molar-refractivity contribution in [3.05, 3.63) is 102 Å².